The molecule has 2 atom stereocenters. The molecule has 8 nitrogen and oxygen atoms in total. The van der Waals surface area contributed by atoms with Gasteiger partial charge in [0.2, 0.25) is 0 Å². The molecule has 3 aliphatic heterocycles. The first kappa shape index (κ1) is 19.0. The van der Waals surface area contributed by atoms with Crippen molar-refractivity contribution in [3.05, 3.63) is 65.6 Å². The summed E-state index contributed by atoms with van der Waals surface area (Å²) < 4.78 is 0. The number of aromatic nitrogens is 4. The zero-order valence-electron chi connectivity index (χ0n) is 17.6. The van der Waals surface area contributed by atoms with Crippen molar-refractivity contribution in [1.29, 1.82) is 5.26 Å². The number of hydrogen-bond acceptors (Lipinski definition) is 6. The molecule has 1 saturated carbocycles. The maximum absolute atomic E-state index is 13.6. The van der Waals surface area contributed by atoms with Gasteiger partial charge in [0, 0.05) is 36.9 Å². The Hall–Kier alpha value is -3.73. The van der Waals surface area contributed by atoms with Gasteiger partial charge in [0.1, 0.15) is 5.82 Å². The minimum absolute atomic E-state index is 0.0217. The van der Waals surface area contributed by atoms with Crippen molar-refractivity contribution in [2.45, 2.75) is 43.7 Å². The van der Waals surface area contributed by atoms with Crippen molar-refractivity contribution in [2.24, 2.45) is 0 Å². The third-order valence-electron chi connectivity index (χ3n) is 6.91. The number of amides is 1. The number of carbonyl (C=O) groups excluding carboxylic acids is 1. The Morgan fingerprint density at radius 1 is 0.969 bits per heavy atom. The molecule has 1 amide bonds. The van der Waals surface area contributed by atoms with Gasteiger partial charge in [-0.05, 0) is 49.8 Å². The van der Waals surface area contributed by atoms with Crippen molar-refractivity contribution >= 4 is 11.7 Å². The summed E-state index contributed by atoms with van der Waals surface area (Å²) in [5, 5.41) is 18.1. The minimum Gasteiger partial charge on any atom is -0.350 e. The number of nitriles is 1. The van der Waals surface area contributed by atoms with Crippen LogP contribution in [0, 0.1) is 11.3 Å². The van der Waals surface area contributed by atoms with E-state index in [-0.39, 0.29) is 18.0 Å². The molecule has 5 heterocycles. The molecule has 2 bridgehead atoms. The first-order chi connectivity index (χ1) is 15.7. The topological polar surface area (TPSA) is 90.9 Å². The lowest BCUT2D eigenvalue weighted by molar-refractivity contribution is 0.0503. The molecule has 1 aliphatic carbocycles. The van der Waals surface area contributed by atoms with Gasteiger partial charge in [-0.3, -0.25) is 4.79 Å². The van der Waals surface area contributed by atoms with Gasteiger partial charge < -0.3 is 9.80 Å². The van der Waals surface area contributed by atoms with Crippen molar-refractivity contribution in [1.82, 2.24) is 24.9 Å². The maximum Gasteiger partial charge on any atom is 0.256 e. The second-order valence-corrected chi connectivity index (χ2v) is 8.81. The second kappa shape index (κ2) is 7.45. The average molecular weight is 425 g/mol. The molecule has 160 valence electrons. The quantitative estimate of drug-likeness (QED) is 0.638. The van der Waals surface area contributed by atoms with E-state index in [1.807, 2.05) is 35.2 Å². The first-order valence-electron chi connectivity index (χ1n) is 11.2. The molecule has 2 aromatic heterocycles. The number of pyridine rings is 1. The summed E-state index contributed by atoms with van der Waals surface area (Å²) in [6.45, 7) is 1.41. The van der Waals surface area contributed by atoms with Gasteiger partial charge in [-0.15, -0.1) is 0 Å². The second-order valence-electron chi connectivity index (χ2n) is 8.81. The standard InChI is InChI=1S/C24H23N7O/c25-13-17-9-10-26-23(22(17)16-5-6-16)29-14-19-8-7-18(29)15-30(19)24(32)20-3-1-2-4-21(20)31-27-11-12-28-31/h1-4,9-12,16,18-19H,5-8,14-15H2. The van der Waals surface area contributed by atoms with Gasteiger partial charge in [-0.25, -0.2) is 4.98 Å². The average Bonchev–Trinajstić information content (AvgIpc) is 3.55. The molecular formula is C24H23N7O. The Labute approximate surface area is 186 Å². The number of rotatable bonds is 4. The Balaban J connectivity index is 1.30. The van der Waals surface area contributed by atoms with Crippen LogP contribution in [0.2, 0.25) is 0 Å². The predicted molar refractivity (Wildman–Crippen MR) is 117 cm³/mol. The zero-order chi connectivity index (χ0) is 21.7. The number of piperidine rings is 2. The summed E-state index contributed by atoms with van der Waals surface area (Å²) in [4.78, 5) is 24.2. The van der Waals surface area contributed by atoms with Crippen molar-refractivity contribution in [3.63, 3.8) is 0 Å². The lowest BCUT2D eigenvalue weighted by Gasteiger charge is -2.52. The van der Waals surface area contributed by atoms with Gasteiger partial charge in [0.05, 0.1) is 35.3 Å². The fraction of sp³-hybridized carbons (Fsp3) is 0.375. The molecule has 2 unspecified atom stereocenters. The molecule has 1 aromatic carbocycles. The lowest BCUT2D eigenvalue weighted by Crippen LogP contribution is -2.64. The van der Waals surface area contributed by atoms with Crippen LogP contribution >= 0.6 is 0 Å². The lowest BCUT2D eigenvalue weighted by atomic mass is 9.89. The number of para-hydroxylation sites is 1. The molecule has 7 rings (SSSR count). The normalized spacial score (nSPS) is 22.1. The fourth-order valence-electron chi connectivity index (χ4n) is 5.22. The maximum atomic E-state index is 13.6. The largest absolute Gasteiger partial charge is 0.350 e. The highest BCUT2D eigenvalue weighted by Crippen LogP contribution is 2.47. The number of piperazine rings is 1. The summed E-state index contributed by atoms with van der Waals surface area (Å²) in [5.41, 5.74) is 3.16. The molecule has 4 fully saturated rings. The Kier molecular flexibility index (Phi) is 4.42. The molecule has 3 aromatic rings. The van der Waals surface area contributed by atoms with Crippen molar-refractivity contribution < 1.29 is 4.79 Å². The summed E-state index contributed by atoms with van der Waals surface area (Å²) in [7, 11) is 0. The van der Waals surface area contributed by atoms with Crippen molar-refractivity contribution in [3.8, 4) is 11.8 Å². The summed E-state index contributed by atoms with van der Waals surface area (Å²) in [6.07, 6.45) is 9.23. The molecule has 0 N–H and O–H groups in total. The first-order valence-corrected chi connectivity index (χ1v) is 11.2. The smallest absolute Gasteiger partial charge is 0.256 e. The summed E-state index contributed by atoms with van der Waals surface area (Å²) in [6, 6.07) is 12.0. The zero-order valence-corrected chi connectivity index (χ0v) is 17.6. The Morgan fingerprint density at radius 2 is 1.75 bits per heavy atom. The van der Waals surface area contributed by atoms with Gasteiger partial charge in [0.25, 0.3) is 5.91 Å². The van der Waals surface area contributed by atoms with E-state index in [1.54, 1.807) is 18.6 Å². The third kappa shape index (κ3) is 3.04. The van der Waals surface area contributed by atoms with Crippen LogP contribution in [-0.2, 0) is 0 Å². The highest BCUT2D eigenvalue weighted by Gasteiger charge is 2.44. The monoisotopic (exact) mass is 425 g/mol. The predicted octanol–water partition coefficient (Wildman–Crippen LogP) is 2.90. The van der Waals surface area contributed by atoms with Crippen LogP contribution in [0.1, 0.15) is 53.1 Å². The van der Waals surface area contributed by atoms with Gasteiger partial charge in [-0.1, -0.05) is 12.1 Å². The van der Waals surface area contributed by atoms with Gasteiger partial charge >= 0.3 is 0 Å². The Bertz CT molecular complexity index is 1210. The van der Waals surface area contributed by atoms with Crippen LogP contribution in [-0.4, -0.2) is 56.0 Å². The van der Waals surface area contributed by atoms with Crippen LogP contribution in [0.5, 0.6) is 0 Å². The van der Waals surface area contributed by atoms with Crippen LogP contribution in [0.3, 0.4) is 0 Å². The van der Waals surface area contributed by atoms with Crippen LogP contribution in [0.25, 0.3) is 5.69 Å². The van der Waals surface area contributed by atoms with E-state index in [4.69, 9.17) is 4.98 Å². The fourth-order valence-corrected chi connectivity index (χ4v) is 5.22. The molecule has 8 heteroatoms. The summed E-state index contributed by atoms with van der Waals surface area (Å²) in [5.74, 6) is 1.42. The SMILES string of the molecule is N#Cc1ccnc(N2CC3CCC2CN3C(=O)c2ccccc2-n2nccn2)c1C1CC1. The number of benzene rings is 1. The number of carbonyl (C=O) groups is 1. The van der Waals surface area contributed by atoms with Crippen LogP contribution < -0.4 is 4.90 Å². The number of nitrogens with zero attached hydrogens (tertiary/aromatic N) is 7. The molecule has 0 spiro atoms. The van der Waals surface area contributed by atoms with E-state index in [2.05, 4.69) is 21.2 Å². The van der Waals surface area contributed by atoms with E-state index in [1.165, 1.54) is 4.80 Å². The highest BCUT2D eigenvalue weighted by atomic mass is 16.2. The number of hydrogen-bond donors (Lipinski definition) is 0. The molecular weight excluding hydrogens is 402 g/mol. The third-order valence-corrected chi connectivity index (χ3v) is 6.91. The van der Waals surface area contributed by atoms with E-state index < -0.39 is 0 Å². The van der Waals surface area contributed by atoms with Gasteiger partial charge in [-0.2, -0.15) is 20.3 Å². The van der Waals surface area contributed by atoms with Crippen LogP contribution in [0.4, 0.5) is 5.82 Å². The van der Waals surface area contributed by atoms with Crippen molar-refractivity contribution in [2.75, 3.05) is 18.0 Å². The van der Waals surface area contributed by atoms with E-state index >= 15 is 0 Å². The summed E-state index contributed by atoms with van der Waals surface area (Å²) >= 11 is 0. The molecule has 0 radical (unpaired) electrons. The van der Waals surface area contributed by atoms with Gasteiger partial charge in [0.15, 0.2) is 0 Å². The van der Waals surface area contributed by atoms with Crippen LogP contribution in [0.15, 0.2) is 48.9 Å². The van der Waals surface area contributed by atoms with E-state index in [0.29, 0.717) is 23.7 Å². The number of fused-ring (bicyclic) bond motifs is 3. The van der Waals surface area contributed by atoms with E-state index in [0.717, 1.165) is 49.2 Å². The van der Waals surface area contributed by atoms with E-state index in [9.17, 15) is 10.1 Å². The molecule has 32 heavy (non-hydrogen) atoms. The molecule has 4 aliphatic rings. The number of anilines is 1. The Morgan fingerprint density at radius 3 is 2.47 bits per heavy atom. The minimum atomic E-state index is 0.0217. The highest BCUT2D eigenvalue weighted by molar-refractivity contribution is 5.98. The molecule has 3 saturated heterocycles.